The van der Waals surface area contributed by atoms with Crippen LogP contribution < -0.4 is 10.5 Å². The molecule has 84 valence electrons. The molecule has 1 aromatic rings. The van der Waals surface area contributed by atoms with E-state index >= 15 is 0 Å². The predicted molar refractivity (Wildman–Crippen MR) is 68.3 cm³/mol. The number of hydrogen-bond acceptors (Lipinski definition) is 3. The number of nitrogens with two attached hydrogens (primary N) is 1. The first-order valence-electron chi connectivity index (χ1n) is 4.38. The van der Waals surface area contributed by atoms with Crippen molar-refractivity contribution in [3.63, 3.8) is 0 Å². The van der Waals surface area contributed by atoms with E-state index in [0.29, 0.717) is 15.8 Å². The Labute approximate surface area is 104 Å². The predicted octanol–water partition coefficient (Wildman–Crippen LogP) is 3.36. The van der Waals surface area contributed by atoms with Crippen LogP contribution in [0.2, 0.25) is 10.0 Å². The third-order valence-corrected chi connectivity index (χ3v) is 3.61. The van der Waals surface area contributed by atoms with Crippen molar-refractivity contribution in [3.8, 4) is 5.75 Å². The molecule has 1 rings (SSSR count). The van der Waals surface area contributed by atoms with Crippen LogP contribution in [-0.2, 0) is 0 Å². The zero-order chi connectivity index (χ0) is 11.4. The van der Waals surface area contributed by atoms with Gasteiger partial charge in [-0.2, -0.15) is 11.8 Å². The second-order valence-corrected chi connectivity index (χ2v) is 4.71. The smallest absolute Gasteiger partial charge is 0.139 e. The molecular weight excluding hydrogens is 253 g/mol. The molecule has 15 heavy (non-hydrogen) atoms. The molecule has 0 radical (unpaired) electrons. The van der Waals surface area contributed by atoms with Gasteiger partial charge >= 0.3 is 0 Å². The largest absolute Gasteiger partial charge is 0.495 e. The summed E-state index contributed by atoms with van der Waals surface area (Å²) < 4.78 is 5.06. The number of methoxy groups -OCH3 is 1. The van der Waals surface area contributed by atoms with E-state index in [0.717, 1.165) is 11.3 Å². The first-order valence-corrected chi connectivity index (χ1v) is 6.53. The van der Waals surface area contributed by atoms with Crippen LogP contribution in [0.3, 0.4) is 0 Å². The summed E-state index contributed by atoms with van der Waals surface area (Å²) >= 11 is 13.8. The van der Waals surface area contributed by atoms with Gasteiger partial charge in [-0.15, -0.1) is 0 Å². The van der Waals surface area contributed by atoms with Gasteiger partial charge in [0.25, 0.3) is 0 Å². The summed E-state index contributed by atoms with van der Waals surface area (Å²) in [6, 6.07) is 3.54. The maximum Gasteiger partial charge on any atom is 0.139 e. The maximum absolute atomic E-state index is 6.11. The molecule has 1 atom stereocenters. The lowest BCUT2D eigenvalue weighted by atomic mass is 10.1. The average molecular weight is 266 g/mol. The van der Waals surface area contributed by atoms with E-state index in [1.165, 1.54) is 0 Å². The van der Waals surface area contributed by atoms with Gasteiger partial charge in [-0.1, -0.05) is 29.3 Å². The van der Waals surface area contributed by atoms with Crippen molar-refractivity contribution in [2.75, 3.05) is 19.1 Å². The lowest BCUT2D eigenvalue weighted by molar-refractivity contribution is 0.415. The fourth-order valence-corrected chi connectivity index (χ4v) is 2.34. The summed E-state index contributed by atoms with van der Waals surface area (Å²) in [5.74, 6) is 1.38. The summed E-state index contributed by atoms with van der Waals surface area (Å²) in [6.07, 6.45) is 2.00. The fourth-order valence-electron chi connectivity index (χ4n) is 1.26. The second-order valence-electron chi connectivity index (χ2n) is 3.05. The summed E-state index contributed by atoms with van der Waals surface area (Å²) in [5, 5.41) is 0.908. The molecule has 0 spiro atoms. The molecule has 1 unspecified atom stereocenters. The summed E-state index contributed by atoms with van der Waals surface area (Å²) in [7, 11) is 1.55. The van der Waals surface area contributed by atoms with Crippen molar-refractivity contribution >= 4 is 35.0 Å². The lowest BCUT2D eigenvalue weighted by Crippen LogP contribution is -2.13. The van der Waals surface area contributed by atoms with Gasteiger partial charge in [-0.3, -0.25) is 0 Å². The number of benzene rings is 1. The third-order valence-electron chi connectivity index (χ3n) is 2.04. The Hall–Kier alpha value is -0.0900. The topological polar surface area (TPSA) is 35.2 Å². The third kappa shape index (κ3) is 2.94. The monoisotopic (exact) mass is 265 g/mol. The number of ether oxygens (including phenoxy) is 1. The fraction of sp³-hybridized carbons (Fsp3) is 0.400. The molecule has 2 nitrogen and oxygen atoms in total. The minimum atomic E-state index is -0.101. The Morgan fingerprint density at radius 2 is 2.07 bits per heavy atom. The van der Waals surface area contributed by atoms with E-state index in [1.807, 2.05) is 12.3 Å². The number of hydrogen-bond donors (Lipinski definition) is 1. The highest BCUT2D eigenvalue weighted by Crippen LogP contribution is 2.36. The van der Waals surface area contributed by atoms with Crippen molar-refractivity contribution in [3.05, 3.63) is 27.7 Å². The Morgan fingerprint density at radius 3 is 2.60 bits per heavy atom. The van der Waals surface area contributed by atoms with Crippen LogP contribution in [0.5, 0.6) is 5.75 Å². The Bertz CT molecular complexity index is 346. The van der Waals surface area contributed by atoms with Gasteiger partial charge in [0.15, 0.2) is 0 Å². The normalized spacial score (nSPS) is 12.6. The SMILES string of the molecule is COc1ccc(C(N)CSC)c(Cl)c1Cl. The molecule has 5 heteroatoms. The molecule has 0 amide bonds. The standard InChI is InChI=1S/C10H13Cl2NOS/c1-14-8-4-3-6(7(13)5-15-2)9(11)10(8)12/h3-4,7H,5,13H2,1-2H3. The molecule has 0 aliphatic heterocycles. The molecular formula is C10H13Cl2NOS. The summed E-state index contributed by atoms with van der Waals surface area (Å²) in [5.41, 5.74) is 6.82. The Balaban J connectivity index is 3.06. The van der Waals surface area contributed by atoms with Gasteiger partial charge in [-0.25, -0.2) is 0 Å². The van der Waals surface area contributed by atoms with Crippen LogP contribution in [0, 0.1) is 0 Å². The van der Waals surface area contributed by atoms with Gasteiger partial charge in [0.2, 0.25) is 0 Å². The highest BCUT2D eigenvalue weighted by molar-refractivity contribution is 7.98. The van der Waals surface area contributed by atoms with Gasteiger partial charge < -0.3 is 10.5 Å². The molecule has 0 saturated heterocycles. The van der Waals surface area contributed by atoms with Crippen molar-refractivity contribution in [1.29, 1.82) is 0 Å². The number of thioether (sulfide) groups is 1. The van der Waals surface area contributed by atoms with Crippen LogP contribution in [-0.4, -0.2) is 19.1 Å². The van der Waals surface area contributed by atoms with Crippen LogP contribution in [0.4, 0.5) is 0 Å². The number of rotatable bonds is 4. The molecule has 0 aliphatic rings. The van der Waals surface area contributed by atoms with Gasteiger partial charge in [0, 0.05) is 11.8 Å². The molecule has 0 aliphatic carbocycles. The van der Waals surface area contributed by atoms with Crippen LogP contribution in [0.25, 0.3) is 0 Å². The van der Waals surface area contributed by atoms with Crippen molar-refractivity contribution in [2.24, 2.45) is 5.73 Å². The summed E-state index contributed by atoms with van der Waals surface area (Å²) in [4.78, 5) is 0. The molecule has 0 bridgehead atoms. The zero-order valence-corrected chi connectivity index (χ0v) is 10.9. The highest BCUT2D eigenvalue weighted by Gasteiger charge is 2.15. The molecule has 2 N–H and O–H groups in total. The zero-order valence-electron chi connectivity index (χ0n) is 8.59. The minimum Gasteiger partial charge on any atom is -0.495 e. The van der Waals surface area contributed by atoms with Crippen LogP contribution in [0.1, 0.15) is 11.6 Å². The first-order chi connectivity index (χ1) is 7.11. The van der Waals surface area contributed by atoms with Crippen molar-refractivity contribution < 1.29 is 4.74 Å². The van der Waals surface area contributed by atoms with Crippen LogP contribution >= 0.6 is 35.0 Å². The van der Waals surface area contributed by atoms with Gasteiger partial charge in [0.1, 0.15) is 10.8 Å². The molecule has 0 fully saturated rings. The molecule has 0 aromatic heterocycles. The van der Waals surface area contributed by atoms with Crippen LogP contribution in [0.15, 0.2) is 12.1 Å². The highest BCUT2D eigenvalue weighted by atomic mass is 35.5. The maximum atomic E-state index is 6.11. The second kappa shape index (κ2) is 5.85. The minimum absolute atomic E-state index is 0.101. The quantitative estimate of drug-likeness (QED) is 0.907. The van der Waals surface area contributed by atoms with E-state index in [9.17, 15) is 0 Å². The summed E-state index contributed by atoms with van der Waals surface area (Å²) in [6.45, 7) is 0. The molecule has 1 aromatic carbocycles. The van der Waals surface area contributed by atoms with Gasteiger partial charge in [0.05, 0.1) is 12.1 Å². The van der Waals surface area contributed by atoms with Crippen molar-refractivity contribution in [1.82, 2.24) is 0 Å². The van der Waals surface area contributed by atoms with E-state index in [4.69, 9.17) is 33.7 Å². The molecule has 0 saturated carbocycles. The Morgan fingerprint density at radius 1 is 1.40 bits per heavy atom. The average Bonchev–Trinajstić information content (AvgIpc) is 2.22. The van der Waals surface area contributed by atoms with E-state index in [-0.39, 0.29) is 6.04 Å². The van der Waals surface area contributed by atoms with Crippen molar-refractivity contribution in [2.45, 2.75) is 6.04 Å². The van der Waals surface area contributed by atoms with E-state index in [1.54, 1.807) is 24.9 Å². The number of halogens is 2. The first kappa shape index (κ1) is 13.0. The molecule has 0 heterocycles. The van der Waals surface area contributed by atoms with E-state index < -0.39 is 0 Å². The lowest BCUT2D eigenvalue weighted by Gasteiger charge is -2.14. The van der Waals surface area contributed by atoms with Gasteiger partial charge in [-0.05, 0) is 17.9 Å². The van der Waals surface area contributed by atoms with E-state index in [2.05, 4.69) is 0 Å². The Kier molecular flexibility index (Phi) is 5.06.